The van der Waals surface area contributed by atoms with E-state index in [4.69, 9.17) is 10.7 Å². The van der Waals surface area contributed by atoms with Gasteiger partial charge in [-0.15, -0.1) is 0 Å². The average molecular weight is 264 g/mol. The van der Waals surface area contributed by atoms with Gasteiger partial charge in [-0.3, -0.25) is 4.98 Å². The number of pyridine rings is 1. The molecule has 100 valence electrons. The van der Waals surface area contributed by atoms with E-state index in [-0.39, 0.29) is 0 Å². The van der Waals surface area contributed by atoms with Gasteiger partial charge in [0.15, 0.2) is 0 Å². The van der Waals surface area contributed by atoms with Crippen LogP contribution in [-0.2, 0) is 7.05 Å². The van der Waals surface area contributed by atoms with Gasteiger partial charge in [0, 0.05) is 30.1 Å². The molecule has 0 aliphatic heterocycles. The maximum atomic E-state index is 6.26. The van der Waals surface area contributed by atoms with Crippen LogP contribution in [0.2, 0.25) is 0 Å². The van der Waals surface area contributed by atoms with Gasteiger partial charge in [-0.05, 0) is 18.9 Å². The predicted molar refractivity (Wildman–Crippen MR) is 80.3 cm³/mol. The Labute approximate surface area is 117 Å². The van der Waals surface area contributed by atoms with E-state index in [1.54, 1.807) is 0 Å². The second-order valence-electron chi connectivity index (χ2n) is 5.42. The largest absolute Gasteiger partial charge is 0.383 e. The zero-order valence-electron chi connectivity index (χ0n) is 11.4. The Hall–Kier alpha value is -2.36. The summed E-state index contributed by atoms with van der Waals surface area (Å²) in [5.74, 6) is 2.41. The van der Waals surface area contributed by atoms with Crippen molar-refractivity contribution in [2.45, 2.75) is 18.8 Å². The van der Waals surface area contributed by atoms with Crippen molar-refractivity contribution in [3.05, 3.63) is 42.4 Å². The van der Waals surface area contributed by atoms with Crippen LogP contribution in [0, 0.1) is 0 Å². The first-order valence-electron chi connectivity index (χ1n) is 6.92. The molecule has 0 atom stereocenters. The number of rotatable bonds is 2. The first-order valence-corrected chi connectivity index (χ1v) is 6.92. The molecule has 1 aliphatic rings. The Balaban J connectivity index is 1.97. The van der Waals surface area contributed by atoms with Gasteiger partial charge in [0.1, 0.15) is 17.3 Å². The highest BCUT2D eigenvalue weighted by atomic mass is 15.1. The summed E-state index contributed by atoms with van der Waals surface area (Å²) in [7, 11) is 2.00. The van der Waals surface area contributed by atoms with Crippen molar-refractivity contribution in [3.8, 4) is 11.3 Å². The summed E-state index contributed by atoms with van der Waals surface area (Å²) in [5, 5.41) is 1.11. The normalized spacial score (nSPS) is 14.8. The van der Waals surface area contributed by atoms with Gasteiger partial charge >= 0.3 is 0 Å². The van der Waals surface area contributed by atoms with E-state index in [1.807, 2.05) is 36.0 Å². The fraction of sp³-hybridized carbons (Fsp3) is 0.250. The topological polar surface area (TPSA) is 56.7 Å². The highest BCUT2D eigenvalue weighted by Gasteiger charge is 2.30. The van der Waals surface area contributed by atoms with Crippen LogP contribution in [0.3, 0.4) is 0 Å². The summed E-state index contributed by atoms with van der Waals surface area (Å²) < 4.78 is 2.02. The van der Waals surface area contributed by atoms with Gasteiger partial charge in [0.2, 0.25) is 0 Å². The van der Waals surface area contributed by atoms with Crippen LogP contribution in [0.4, 0.5) is 5.82 Å². The number of nitrogen functional groups attached to an aromatic ring is 1. The summed E-state index contributed by atoms with van der Waals surface area (Å²) in [6.45, 7) is 0. The maximum absolute atomic E-state index is 6.26. The zero-order valence-corrected chi connectivity index (χ0v) is 11.4. The van der Waals surface area contributed by atoms with Crippen molar-refractivity contribution in [1.29, 1.82) is 0 Å². The SMILES string of the molecule is Cn1c(C2CC2)nc(-c2cccc3cccnc23)c1N. The third kappa shape index (κ3) is 1.61. The van der Waals surface area contributed by atoms with Gasteiger partial charge in [-0.2, -0.15) is 0 Å². The minimum Gasteiger partial charge on any atom is -0.383 e. The minimum absolute atomic E-state index is 0.582. The fourth-order valence-corrected chi connectivity index (χ4v) is 2.73. The molecule has 2 heterocycles. The van der Waals surface area contributed by atoms with E-state index in [9.17, 15) is 0 Å². The Morgan fingerprint density at radius 3 is 2.80 bits per heavy atom. The van der Waals surface area contributed by atoms with Gasteiger partial charge in [0.25, 0.3) is 0 Å². The Bertz CT molecular complexity index is 794. The van der Waals surface area contributed by atoms with E-state index < -0.39 is 0 Å². The number of para-hydroxylation sites is 1. The fourth-order valence-electron chi connectivity index (χ4n) is 2.73. The molecule has 0 saturated heterocycles. The van der Waals surface area contributed by atoms with Crippen LogP contribution in [0.1, 0.15) is 24.6 Å². The van der Waals surface area contributed by atoms with Crippen LogP contribution < -0.4 is 5.73 Å². The number of benzene rings is 1. The molecule has 0 radical (unpaired) electrons. The predicted octanol–water partition coefficient (Wildman–Crippen LogP) is 3.09. The molecule has 2 N–H and O–H groups in total. The molecule has 0 unspecified atom stereocenters. The molecule has 0 amide bonds. The number of imidazole rings is 1. The molecule has 0 spiro atoms. The second kappa shape index (κ2) is 4.07. The lowest BCUT2D eigenvalue weighted by molar-refractivity contribution is 0.807. The molecule has 0 bridgehead atoms. The molecule has 4 nitrogen and oxygen atoms in total. The Morgan fingerprint density at radius 2 is 2.00 bits per heavy atom. The highest BCUT2D eigenvalue weighted by Crippen LogP contribution is 2.42. The van der Waals surface area contributed by atoms with Crippen molar-refractivity contribution in [2.24, 2.45) is 7.05 Å². The number of nitrogens with two attached hydrogens (primary N) is 1. The molecular weight excluding hydrogens is 248 g/mol. The smallest absolute Gasteiger partial charge is 0.131 e. The summed E-state index contributed by atoms with van der Waals surface area (Å²) >= 11 is 0. The third-order valence-electron chi connectivity index (χ3n) is 4.00. The van der Waals surface area contributed by atoms with Crippen molar-refractivity contribution in [1.82, 2.24) is 14.5 Å². The lowest BCUT2D eigenvalue weighted by Gasteiger charge is -2.04. The third-order valence-corrected chi connectivity index (χ3v) is 4.00. The van der Waals surface area contributed by atoms with Crippen LogP contribution >= 0.6 is 0 Å². The van der Waals surface area contributed by atoms with Gasteiger partial charge in [0.05, 0.1) is 5.52 Å². The van der Waals surface area contributed by atoms with Gasteiger partial charge in [-0.1, -0.05) is 24.3 Å². The molecular formula is C16H16N4. The van der Waals surface area contributed by atoms with Crippen LogP contribution in [0.15, 0.2) is 36.5 Å². The van der Waals surface area contributed by atoms with Crippen LogP contribution in [0.5, 0.6) is 0 Å². The maximum Gasteiger partial charge on any atom is 0.131 e. The monoisotopic (exact) mass is 264 g/mol. The van der Waals surface area contributed by atoms with Crippen molar-refractivity contribution < 1.29 is 0 Å². The number of fused-ring (bicyclic) bond motifs is 1. The molecule has 1 saturated carbocycles. The quantitative estimate of drug-likeness (QED) is 0.773. The molecule has 1 aromatic carbocycles. The summed E-state index contributed by atoms with van der Waals surface area (Å²) in [6.07, 6.45) is 4.25. The van der Waals surface area contributed by atoms with Gasteiger partial charge < -0.3 is 10.3 Å². The summed E-state index contributed by atoms with van der Waals surface area (Å²) in [5.41, 5.74) is 9.10. The molecule has 1 aliphatic carbocycles. The first kappa shape index (κ1) is 11.5. The van der Waals surface area contributed by atoms with E-state index in [0.29, 0.717) is 5.92 Å². The van der Waals surface area contributed by atoms with Crippen LogP contribution in [0.25, 0.3) is 22.2 Å². The standard InChI is InChI=1S/C16H16N4/c1-20-15(17)14(19-16(20)11-7-8-11)12-6-2-4-10-5-3-9-18-13(10)12/h2-6,9,11H,7-8,17H2,1H3. The second-order valence-corrected chi connectivity index (χ2v) is 5.42. The number of anilines is 1. The van der Waals surface area contributed by atoms with Crippen molar-refractivity contribution >= 4 is 16.7 Å². The van der Waals surface area contributed by atoms with E-state index in [0.717, 1.165) is 33.8 Å². The first-order chi connectivity index (χ1) is 9.75. The zero-order chi connectivity index (χ0) is 13.7. The molecule has 4 heteroatoms. The minimum atomic E-state index is 0.582. The van der Waals surface area contributed by atoms with E-state index >= 15 is 0 Å². The average Bonchev–Trinajstić information content (AvgIpc) is 3.27. The molecule has 2 aromatic heterocycles. The molecule has 4 rings (SSSR count). The van der Waals surface area contributed by atoms with E-state index in [1.165, 1.54) is 12.8 Å². The van der Waals surface area contributed by atoms with Gasteiger partial charge in [-0.25, -0.2) is 4.98 Å². The summed E-state index contributed by atoms with van der Waals surface area (Å²) in [4.78, 5) is 9.28. The van der Waals surface area contributed by atoms with E-state index in [2.05, 4.69) is 17.1 Å². The molecule has 1 fully saturated rings. The number of hydrogen-bond donors (Lipinski definition) is 1. The van der Waals surface area contributed by atoms with Crippen molar-refractivity contribution in [3.63, 3.8) is 0 Å². The summed E-state index contributed by atoms with van der Waals surface area (Å²) in [6, 6.07) is 10.2. The number of hydrogen-bond acceptors (Lipinski definition) is 3. The number of nitrogens with zero attached hydrogens (tertiary/aromatic N) is 3. The Morgan fingerprint density at radius 1 is 1.20 bits per heavy atom. The molecule has 20 heavy (non-hydrogen) atoms. The lowest BCUT2D eigenvalue weighted by Crippen LogP contribution is -2.00. The van der Waals surface area contributed by atoms with Crippen LogP contribution in [-0.4, -0.2) is 14.5 Å². The number of aromatic nitrogens is 3. The van der Waals surface area contributed by atoms with Crippen molar-refractivity contribution in [2.75, 3.05) is 5.73 Å². The highest BCUT2D eigenvalue weighted by molar-refractivity contribution is 5.94. The Kier molecular flexibility index (Phi) is 2.33. The lowest BCUT2D eigenvalue weighted by atomic mass is 10.1. The molecule has 3 aromatic rings.